The van der Waals surface area contributed by atoms with Crippen LogP contribution in [0.3, 0.4) is 0 Å². The number of ether oxygens (including phenoxy) is 1. The second-order valence-electron chi connectivity index (χ2n) is 7.32. The van der Waals surface area contributed by atoms with E-state index in [2.05, 4.69) is 21.7 Å². The molecule has 0 aromatic carbocycles. The molecule has 3 aromatic rings. The van der Waals surface area contributed by atoms with Gasteiger partial charge in [-0.1, -0.05) is 17.8 Å². The Labute approximate surface area is 189 Å². The molecule has 1 atom stereocenters. The lowest BCUT2D eigenvalue weighted by molar-refractivity contribution is -0.118. The molecule has 2 N–H and O–H groups in total. The molecule has 0 bridgehead atoms. The van der Waals surface area contributed by atoms with E-state index in [0.717, 1.165) is 16.3 Å². The monoisotopic (exact) mass is 461 g/mol. The summed E-state index contributed by atoms with van der Waals surface area (Å²) in [6, 6.07) is 5.96. The summed E-state index contributed by atoms with van der Waals surface area (Å²) in [5, 5.41) is 11.1. The summed E-state index contributed by atoms with van der Waals surface area (Å²) in [4.78, 5) is 25.3. The maximum atomic E-state index is 13.0. The van der Waals surface area contributed by atoms with Crippen LogP contribution in [0.1, 0.15) is 41.1 Å². The molecule has 0 saturated carbocycles. The van der Waals surface area contributed by atoms with Gasteiger partial charge < -0.3 is 19.6 Å². The molecule has 3 aromatic heterocycles. The number of nitrogens with two attached hydrogens (primary N) is 1. The number of methoxy groups -OCH3 is 1. The Morgan fingerprint density at radius 3 is 2.74 bits per heavy atom. The Morgan fingerprint density at radius 1 is 1.32 bits per heavy atom. The first-order valence-corrected chi connectivity index (χ1v) is 11.8. The zero-order chi connectivity index (χ0) is 22.5. The Bertz CT molecular complexity index is 1060. The highest BCUT2D eigenvalue weighted by atomic mass is 32.2. The van der Waals surface area contributed by atoms with Crippen LogP contribution in [0.2, 0.25) is 0 Å². The molecule has 0 spiro atoms. The molecule has 0 saturated heterocycles. The number of Topliss-reactive ketones (excluding diaryl/α,β-unsaturated/α-hetero) is 1. The molecule has 0 aliphatic rings. The average molecular weight is 462 g/mol. The van der Waals surface area contributed by atoms with E-state index >= 15 is 0 Å². The number of aryl methyl sites for hydroxylation is 1. The molecule has 0 fully saturated rings. The fourth-order valence-electron chi connectivity index (χ4n) is 3.67. The summed E-state index contributed by atoms with van der Waals surface area (Å²) in [6.07, 6.45) is 0.177. The summed E-state index contributed by atoms with van der Waals surface area (Å²) >= 11 is 2.86. The third-order valence-corrected chi connectivity index (χ3v) is 6.84. The van der Waals surface area contributed by atoms with Crippen molar-refractivity contribution in [2.45, 2.75) is 44.9 Å². The van der Waals surface area contributed by atoms with Gasteiger partial charge in [-0.05, 0) is 38.3 Å². The smallest absolute Gasteiger partial charge is 0.219 e. The number of aromatic nitrogens is 4. The molecule has 0 aliphatic heterocycles. The van der Waals surface area contributed by atoms with Gasteiger partial charge >= 0.3 is 0 Å². The third-order valence-electron chi connectivity index (χ3n) is 5.01. The van der Waals surface area contributed by atoms with Crippen LogP contribution < -0.4 is 5.73 Å². The standard InChI is InChI=1S/C21H27N5O3S2/c1-13-10-16(15(3)26(13)14(2)11-29-4)17(27)12-31-21-24-23-20(18-6-5-9-30-18)25(21)8-7-19(22)28/h5-6,9-10,14H,7-8,11-12H2,1-4H3,(H2,22,28). The molecule has 1 unspecified atom stereocenters. The van der Waals surface area contributed by atoms with E-state index in [1.165, 1.54) is 11.8 Å². The molecule has 31 heavy (non-hydrogen) atoms. The second kappa shape index (κ2) is 10.3. The summed E-state index contributed by atoms with van der Waals surface area (Å²) in [7, 11) is 1.67. The topological polar surface area (TPSA) is 105 Å². The van der Waals surface area contributed by atoms with Crippen LogP contribution in [0.4, 0.5) is 0 Å². The molecular formula is C21H27N5O3S2. The van der Waals surface area contributed by atoms with E-state index in [1.54, 1.807) is 18.4 Å². The fourth-order valence-corrected chi connectivity index (χ4v) is 5.23. The van der Waals surface area contributed by atoms with Crippen molar-refractivity contribution in [1.29, 1.82) is 0 Å². The van der Waals surface area contributed by atoms with Gasteiger partial charge in [0.05, 0.1) is 23.3 Å². The average Bonchev–Trinajstić information content (AvgIpc) is 3.43. The third kappa shape index (κ3) is 5.25. The Balaban J connectivity index is 1.79. The van der Waals surface area contributed by atoms with Crippen LogP contribution >= 0.6 is 23.1 Å². The molecule has 10 heteroatoms. The maximum Gasteiger partial charge on any atom is 0.219 e. The summed E-state index contributed by atoms with van der Waals surface area (Å²) in [5.41, 5.74) is 8.01. The zero-order valence-corrected chi connectivity index (χ0v) is 19.8. The van der Waals surface area contributed by atoms with E-state index in [9.17, 15) is 9.59 Å². The Kier molecular flexibility index (Phi) is 7.69. The van der Waals surface area contributed by atoms with Gasteiger partial charge in [0.1, 0.15) is 0 Å². The minimum absolute atomic E-state index is 0.0242. The number of thioether (sulfide) groups is 1. The fraction of sp³-hybridized carbons (Fsp3) is 0.429. The van der Waals surface area contributed by atoms with Crippen LogP contribution in [-0.2, 0) is 16.1 Å². The molecule has 0 radical (unpaired) electrons. The lowest BCUT2D eigenvalue weighted by Crippen LogP contribution is -2.15. The lowest BCUT2D eigenvalue weighted by atomic mass is 10.2. The van der Waals surface area contributed by atoms with E-state index < -0.39 is 5.91 Å². The van der Waals surface area contributed by atoms with Crippen molar-refractivity contribution in [2.24, 2.45) is 5.73 Å². The summed E-state index contributed by atoms with van der Waals surface area (Å²) < 4.78 is 9.26. The minimum Gasteiger partial charge on any atom is -0.383 e. The normalized spacial score (nSPS) is 12.3. The number of hydrogen-bond acceptors (Lipinski definition) is 7. The highest BCUT2D eigenvalue weighted by molar-refractivity contribution is 7.99. The number of amides is 1. The largest absolute Gasteiger partial charge is 0.383 e. The first-order chi connectivity index (χ1) is 14.8. The van der Waals surface area contributed by atoms with Crippen molar-refractivity contribution in [3.8, 4) is 10.7 Å². The quantitative estimate of drug-likeness (QED) is 0.346. The van der Waals surface area contributed by atoms with Crippen molar-refractivity contribution in [1.82, 2.24) is 19.3 Å². The number of nitrogens with zero attached hydrogens (tertiary/aromatic N) is 4. The van der Waals surface area contributed by atoms with Crippen LogP contribution in [0.25, 0.3) is 10.7 Å². The number of carbonyl (C=O) groups excluding carboxylic acids is 2. The highest BCUT2D eigenvalue weighted by Gasteiger charge is 2.21. The second-order valence-corrected chi connectivity index (χ2v) is 9.21. The Hall–Kier alpha value is -2.43. The SMILES string of the molecule is COCC(C)n1c(C)cc(C(=O)CSc2nnc(-c3cccs3)n2CCC(N)=O)c1C. The molecule has 166 valence electrons. The van der Waals surface area contributed by atoms with Crippen LogP contribution in [0.5, 0.6) is 0 Å². The molecule has 8 nitrogen and oxygen atoms in total. The predicted octanol–water partition coefficient (Wildman–Crippen LogP) is 3.48. The summed E-state index contributed by atoms with van der Waals surface area (Å²) in [5.74, 6) is 0.534. The van der Waals surface area contributed by atoms with Gasteiger partial charge in [0.25, 0.3) is 0 Å². The van der Waals surface area contributed by atoms with Crippen molar-refractivity contribution >= 4 is 34.8 Å². The van der Waals surface area contributed by atoms with E-state index in [0.29, 0.717) is 29.7 Å². The van der Waals surface area contributed by atoms with Crippen LogP contribution in [0.15, 0.2) is 28.7 Å². The number of thiophene rings is 1. The van der Waals surface area contributed by atoms with Gasteiger partial charge in [0.15, 0.2) is 16.8 Å². The number of hydrogen-bond donors (Lipinski definition) is 1. The molecule has 3 rings (SSSR count). The number of carbonyl (C=O) groups is 2. The van der Waals surface area contributed by atoms with Gasteiger partial charge in [-0.3, -0.25) is 9.59 Å². The van der Waals surface area contributed by atoms with Crippen molar-refractivity contribution < 1.29 is 14.3 Å². The zero-order valence-electron chi connectivity index (χ0n) is 18.1. The van der Waals surface area contributed by atoms with E-state index in [4.69, 9.17) is 10.5 Å². The maximum absolute atomic E-state index is 13.0. The number of rotatable bonds is 11. The molecule has 3 heterocycles. The molecule has 0 aliphatic carbocycles. The van der Waals surface area contributed by atoms with Crippen molar-refractivity contribution in [3.63, 3.8) is 0 Å². The van der Waals surface area contributed by atoms with Gasteiger partial charge in [0.2, 0.25) is 5.91 Å². The Morgan fingerprint density at radius 2 is 2.10 bits per heavy atom. The lowest BCUT2D eigenvalue weighted by Gasteiger charge is -2.17. The molecular weight excluding hydrogens is 434 g/mol. The van der Waals surface area contributed by atoms with Crippen molar-refractivity contribution in [2.75, 3.05) is 19.5 Å². The van der Waals surface area contributed by atoms with Gasteiger partial charge in [0, 0.05) is 37.0 Å². The summed E-state index contributed by atoms with van der Waals surface area (Å²) in [6.45, 7) is 6.97. The molecule has 1 amide bonds. The number of ketones is 1. The highest BCUT2D eigenvalue weighted by Crippen LogP contribution is 2.29. The van der Waals surface area contributed by atoms with Crippen molar-refractivity contribution in [3.05, 3.63) is 40.5 Å². The predicted molar refractivity (Wildman–Crippen MR) is 123 cm³/mol. The van der Waals surface area contributed by atoms with E-state index in [1.807, 2.05) is 42.0 Å². The van der Waals surface area contributed by atoms with Gasteiger partial charge in [-0.15, -0.1) is 21.5 Å². The first kappa shape index (κ1) is 23.2. The van der Waals surface area contributed by atoms with Crippen LogP contribution in [-0.4, -0.2) is 50.5 Å². The van der Waals surface area contributed by atoms with Gasteiger partial charge in [-0.2, -0.15) is 0 Å². The number of primary amides is 1. The van der Waals surface area contributed by atoms with E-state index in [-0.39, 0.29) is 24.0 Å². The van der Waals surface area contributed by atoms with Crippen LogP contribution in [0, 0.1) is 13.8 Å². The van der Waals surface area contributed by atoms with Gasteiger partial charge in [-0.25, -0.2) is 0 Å². The first-order valence-electron chi connectivity index (χ1n) is 9.92. The minimum atomic E-state index is -0.393.